The van der Waals surface area contributed by atoms with Gasteiger partial charge in [0.1, 0.15) is 0 Å². The number of benzene rings is 1. The Bertz CT molecular complexity index is 652. The summed E-state index contributed by atoms with van der Waals surface area (Å²) in [5.41, 5.74) is 2.25. The average Bonchev–Trinajstić information content (AvgIpc) is 3.28. The quantitative estimate of drug-likeness (QED) is 0.864. The Hall–Kier alpha value is -1.72. The second kappa shape index (κ2) is 7.03. The summed E-state index contributed by atoms with van der Waals surface area (Å²) in [6.07, 6.45) is 5.61. The molecule has 24 heavy (non-hydrogen) atoms. The van der Waals surface area contributed by atoms with Gasteiger partial charge in [-0.3, -0.25) is 9.80 Å². The molecule has 1 aliphatic carbocycles. The molecular formula is C19H26N4O. The van der Waals surface area contributed by atoms with Gasteiger partial charge in [0.25, 0.3) is 0 Å². The van der Waals surface area contributed by atoms with Gasteiger partial charge in [0.15, 0.2) is 0 Å². The summed E-state index contributed by atoms with van der Waals surface area (Å²) in [5, 5.41) is 4.14. The topological polar surface area (TPSA) is 45.4 Å². The SMILES string of the molecule is Cc1ccc(-c2noc(CN3CCN(C4CCCC4)CC3)n2)cc1. The lowest BCUT2D eigenvalue weighted by atomic mass is 10.1. The van der Waals surface area contributed by atoms with Crippen molar-refractivity contribution in [1.29, 1.82) is 0 Å². The Morgan fingerprint density at radius 2 is 1.75 bits per heavy atom. The summed E-state index contributed by atoms with van der Waals surface area (Å²) in [4.78, 5) is 9.67. The van der Waals surface area contributed by atoms with Crippen molar-refractivity contribution in [2.75, 3.05) is 26.2 Å². The predicted octanol–water partition coefficient (Wildman–Crippen LogP) is 3.11. The molecule has 1 aromatic heterocycles. The van der Waals surface area contributed by atoms with Crippen molar-refractivity contribution >= 4 is 0 Å². The van der Waals surface area contributed by atoms with Crippen LogP contribution in [0.3, 0.4) is 0 Å². The van der Waals surface area contributed by atoms with E-state index < -0.39 is 0 Å². The lowest BCUT2D eigenvalue weighted by Crippen LogP contribution is -2.49. The van der Waals surface area contributed by atoms with E-state index in [0.29, 0.717) is 5.82 Å². The lowest BCUT2D eigenvalue weighted by Gasteiger charge is -2.37. The third kappa shape index (κ3) is 3.52. The van der Waals surface area contributed by atoms with Crippen LogP contribution < -0.4 is 0 Å². The standard InChI is InChI=1S/C19H26N4O/c1-15-6-8-16(9-7-15)19-20-18(24-21-19)14-22-10-12-23(13-11-22)17-4-2-3-5-17/h6-9,17H,2-5,10-14H2,1H3. The smallest absolute Gasteiger partial charge is 0.241 e. The van der Waals surface area contributed by atoms with Gasteiger partial charge in [-0.25, -0.2) is 0 Å². The highest BCUT2D eigenvalue weighted by atomic mass is 16.5. The second-order valence-corrected chi connectivity index (χ2v) is 7.13. The zero-order chi connectivity index (χ0) is 16.4. The molecule has 0 atom stereocenters. The molecule has 5 nitrogen and oxygen atoms in total. The van der Waals surface area contributed by atoms with E-state index in [9.17, 15) is 0 Å². The van der Waals surface area contributed by atoms with Crippen LogP contribution in [0.1, 0.15) is 37.1 Å². The molecule has 2 heterocycles. The molecule has 1 saturated carbocycles. The molecule has 2 aliphatic rings. The fourth-order valence-corrected chi connectivity index (χ4v) is 3.89. The van der Waals surface area contributed by atoms with Crippen molar-refractivity contribution in [1.82, 2.24) is 19.9 Å². The van der Waals surface area contributed by atoms with Crippen LogP contribution >= 0.6 is 0 Å². The van der Waals surface area contributed by atoms with E-state index in [1.54, 1.807) is 0 Å². The zero-order valence-corrected chi connectivity index (χ0v) is 14.4. The Kier molecular flexibility index (Phi) is 4.63. The molecular weight excluding hydrogens is 300 g/mol. The lowest BCUT2D eigenvalue weighted by molar-refractivity contribution is 0.0868. The van der Waals surface area contributed by atoms with E-state index in [2.05, 4.69) is 39.0 Å². The number of rotatable bonds is 4. The van der Waals surface area contributed by atoms with Crippen LogP contribution in [-0.2, 0) is 6.54 Å². The van der Waals surface area contributed by atoms with E-state index in [-0.39, 0.29) is 0 Å². The van der Waals surface area contributed by atoms with Gasteiger partial charge in [-0.15, -0.1) is 0 Å². The molecule has 1 saturated heterocycles. The molecule has 1 aromatic carbocycles. The van der Waals surface area contributed by atoms with Crippen LogP contribution in [-0.4, -0.2) is 52.2 Å². The highest BCUT2D eigenvalue weighted by molar-refractivity contribution is 5.54. The van der Waals surface area contributed by atoms with Crippen LogP contribution in [0.25, 0.3) is 11.4 Å². The molecule has 4 rings (SSSR count). The first-order valence-corrected chi connectivity index (χ1v) is 9.14. The van der Waals surface area contributed by atoms with E-state index in [1.165, 1.54) is 44.3 Å². The summed E-state index contributed by atoms with van der Waals surface area (Å²) in [7, 11) is 0. The van der Waals surface area contributed by atoms with Crippen molar-refractivity contribution in [3.05, 3.63) is 35.7 Å². The van der Waals surface area contributed by atoms with Gasteiger partial charge in [-0.05, 0) is 19.8 Å². The zero-order valence-electron chi connectivity index (χ0n) is 14.4. The third-order valence-corrected chi connectivity index (χ3v) is 5.38. The summed E-state index contributed by atoms with van der Waals surface area (Å²) in [5.74, 6) is 1.41. The maximum atomic E-state index is 5.46. The molecule has 0 bridgehead atoms. The predicted molar refractivity (Wildman–Crippen MR) is 93.6 cm³/mol. The van der Waals surface area contributed by atoms with Crippen LogP contribution in [0.15, 0.2) is 28.8 Å². The van der Waals surface area contributed by atoms with Gasteiger partial charge < -0.3 is 4.52 Å². The molecule has 0 unspecified atom stereocenters. The van der Waals surface area contributed by atoms with Crippen molar-refractivity contribution in [3.63, 3.8) is 0 Å². The van der Waals surface area contributed by atoms with E-state index in [0.717, 1.165) is 37.1 Å². The van der Waals surface area contributed by atoms with Gasteiger partial charge in [-0.1, -0.05) is 47.8 Å². The van der Waals surface area contributed by atoms with Crippen LogP contribution in [0.4, 0.5) is 0 Å². The summed E-state index contributed by atoms with van der Waals surface area (Å²) in [6, 6.07) is 9.08. The van der Waals surface area contributed by atoms with Crippen LogP contribution in [0.2, 0.25) is 0 Å². The highest BCUT2D eigenvalue weighted by Gasteiger charge is 2.26. The molecule has 128 valence electrons. The second-order valence-electron chi connectivity index (χ2n) is 7.13. The van der Waals surface area contributed by atoms with Crippen molar-refractivity contribution in [2.24, 2.45) is 0 Å². The Morgan fingerprint density at radius 3 is 2.46 bits per heavy atom. The maximum Gasteiger partial charge on any atom is 0.241 e. The molecule has 2 aromatic rings. The number of aryl methyl sites for hydroxylation is 1. The summed E-state index contributed by atoms with van der Waals surface area (Å²) in [6.45, 7) is 7.37. The maximum absolute atomic E-state index is 5.46. The van der Waals surface area contributed by atoms with Gasteiger partial charge in [-0.2, -0.15) is 4.98 Å². The minimum Gasteiger partial charge on any atom is -0.338 e. The van der Waals surface area contributed by atoms with Crippen LogP contribution in [0, 0.1) is 6.92 Å². The Labute approximate surface area is 143 Å². The van der Waals surface area contributed by atoms with Gasteiger partial charge in [0.05, 0.1) is 6.54 Å². The molecule has 5 heteroatoms. The van der Waals surface area contributed by atoms with Gasteiger partial charge in [0, 0.05) is 37.8 Å². The number of aromatic nitrogens is 2. The first-order valence-electron chi connectivity index (χ1n) is 9.14. The number of hydrogen-bond donors (Lipinski definition) is 0. The molecule has 1 aliphatic heterocycles. The fraction of sp³-hybridized carbons (Fsp3) is 0.579. The van der Waals surface area contributed by atoms with Crippen LogP contribution in [0.5, 0.6) is 0 Å². The third-order valence-electron chi connectivity index (χ3n) is 5.38. The monoisotopic (exact) mass is 326 g/mol. The number of hydrogen-bond acceptors (Lipinski definition) is 5. The average molecular weight is 326 g/mol. The normalized spacial score (nSPS) is 20.7. The molecule has 0 amide bonds. The molecule has 0 radical (unpaired) electrons. The van der Waals surface area contributed by atoms with Gasteiger partial charge >= 0.3 is 0 Å². The Balaban J connectivity index is 1.32. The number of nitrogens with zero attached hydrogens (tertiary/aromatic N) is 4. The largest absolute Gasteiger partial charge is 0.338 e. The number of piperazine rings is 1. The minimum absolute atomic E-state index is 0.689. The van der Waals surface area contributed by atoms with Crippen molar-refractivity contribution in [3.8, 4) is 11.4 Å². The van der Waals surface area contributed by atoms with Crippen molar-refractivity contribution < 1.29 is 4.52 Å². The van der Waals surface area contributed by atoms with E-state index in [1.807, 2.05) is 12.1 Å². The fourth-order valence-electron chi connectivity index (χ4n) is 3.89. The Morgan fingerprint density at radius 1 is 1.04 bits per heavy atom. The molecule has 0 spiro atoms. The highest BCUT2D eigenvalue weighted by Crippen LogP contribution is 2.24. The molecule has 0 N–H and O–H groups in total. The van der Waals surface area contributed by atoms with E-state index >= 15 is 0 Å². The minimum atomic E-state index is 0.689. The van der Waals surface area contributed by atoms with Gasteiger partial charge in [0.2, 0.25) is 11.7 Å². The first-order chi connectivity index (χ1) is 11.8. The van der Waals surface area contributed by atoms with E-state index in [4.69, 9.17) is 4.52 Å². The summed E-state index contributed by atoms with van der Waals surface area (Å²) >= 11 is 0. The molecule has 2 fully saturated rings. The van der Waals surface area contributed by atoms with Crippen molar-refractivity contribution in [2.45, 2.75) is 45.2 Å². The summed E-state index contributed by atoms with van der Waals surface area (Å²) < 4.78 is 5.46. The first kappa shape index (κ1) is 15.8.